The lowest BCUT2D eigenvalue weighted by molar-refractivity contribution is -0.123. The Morgan fingerprint density at radius 1 is 0.833 bits per heavy atom. The standard InChI is InChI=1S/C25H22N2O3/c1-2-29-24-15-14-19-9-3-5-11-20(19)22(24)16-26-27-25(28)17-30-23-13-7-10-18-8-4-6-12-21(18)23/h3-16H,2,17H2,1H3,(H,27,28)/b26-16-. The molecule has 1 N–H and O–H groups in total. The summed E-state index contributed by atoms with van der Waals surface area (Å²) in [6.07, 6.45) is 1.61. The van der Waals surface area contributed by atoms with E-state index in [2.05, 4.69) is 10.5 Å². The first-order valence-corrected chi connectivity index (χ1v) is 9.83. The summed E-state index contributed by atoms with van der Waals surface area (Å²) in [4.78, 5) is 12.2. The van der Waals surface area contributed by atoms with E-state index in [1.807, 2.05) is 85.8 Å². The molecule has 0 atom stereocenters. The van der Waals surface area contributed by atoms with E-state index in [-0.39, 0.29) is 12.5 Å². The Morgan fingerprint density at radius 3 is 2.33 bits per heavy atom. The van der Waals surface area contributed by atoms with Crippen LogP contribution in [0.25, 0.3) is 21.5 Å². The lowest BCUT2D eigenvalue weighted by atomic mass is 10.0. The predicted octanol–water partition coefficient (Wildman–Crippen LogP) is 4.92. The molecule has 5 heteroatoms. The quantitative estimate of drug-likeness (QED) is 0.355. The Hall–Kier alpha value is -3.86. The molecule has 0 aliphatic carbocycles. The molecule has 0 aromatic heterocycles. The van der Waals surface area contributed by atoms with E-state index in [4.69, 9.17) is 9.47 Å². The maximum absolute atomic E-state index is 12.2. The SMILES string of the molecule is CCOc1ccc2ccccc2c1/C=N\NC(=O)COc1cccc2ccccc12. The second-order valence-electron chi connectivity index (χ2n) is 6.69. The molecule has 0 saturated heterocycles. The summed E-state index contributed by atoms with van der Waals surface area (Å²) in [5, 5.41) is 8.24. The monoisotopic (exact) mass is 398 g/mol. The number of fused-ring (bicyclic) bond motifs is 2. The van der Waals surface area contributed by atoms with Crippen LogP contribution < -0.4 is 14.9 Å². The van der Waals surface area contributed by atoms with Gasteiger partial charge in [0.05, 0.1) is 12.8 Å². The first-order chi connectivity index (χ1) is 14.8. The lowest BCUT2D eigenvalue weighted by Crippen LogP contribution is -2.24. The number of ether oxygens (including phenoxy) is 2. The minimum absolute atomic E-state index is 0.126. The van der Waals surface area contributed by atoms with Crippen LogP contribution in [0.15, 0.2) is 84.0 Å². The van der Waals surface area contributed by atoms with E-state index in [9.17, 15) is 4.79 Å². The van der Waals surface area contributed by atoms with Crippen LogP contribution >= 0.6 is 0 Å². The van der Waals surface area contributed by atoms with Gasteiger partial charge < -0.3 is 9.47 Å². The van der Waals surface area contributed by atoms with Crippen molar-refractivity contribution in [1.29, 1.82) is 0 Å². The molecule has 150 valence electrons. The Kier molecular flexibility index (Phi) is 5.90. The molecule has 0 spiro atoms. The molecule has 0 bridgehead atoms. The Bertz CT molecular complexity index is 1210. The minimum atomic E-state index is -0.336. The lowest BCUT2D eigenvalue weighted by Gasteiger charge is -2.10. The number of benzene rings is 4. The third kappa shape index (κ3) is 4.25. The molecule has 0 aliphatic heterocycles. The zero-order chi connectivity index (χ0) is 20.8. The number of hydrogen-bond donors (Lipinski definition) is 1. The van der Waals surface area contributed by atoms with Gasteiger partial charge in [0, 0.05) is 10.9 Å². The normalized spacial score (nSPS) is 11.1. The molecule has 4 rings (SSSR count). The summed E-state index contributed by atoms with van der Waals surface area (Å²) in [5.74, 6) is 1.05. The fourth-order valence-electron chi connectivity index (χ4n) is 3.36. The van der Waals surface area contributed by atoms with Gasteiger partial charge in [0.1, 0.15) is 11.5 Å². The van der Waals surface area contributed by atoms with Crippen LogP contribution in [0.5, 0.6) is 11.5 Å². The van der Waals surface area contributed by atoms with Crippen LogP contribution in [0.1, 0.15) is 12.5 Å². The van der Waals surface area contributed by atoms with Crippen LogP contribution in [0.2, 0.25) is 0 Å². The summed E-state index contributed by atoms with van der Waals surface area (Å²) in [6, 6.07) is 25.6. The summed E-state index contributed by atoms with van der Waals surface area (Å²) < 4.78 is 11.4. The topological polar surface area (TPSA) is 59.9 Å². The molecule has 0 fully saturated rings. The van der Waals surface area contributed by atoms with Crippen LogP contribution in [0, 0.1) is 0 Å². The molecule has 0 heterocycles. The molecule has 0 aliphatic rings. The highest BCUT2D eigenvalue weighted by Gasteiger charge is 2.08. The minimum Gasteiger partial charge on any atom is -0.493 e. The fourth-order valence-corrected chi connectivity index (χ4v) is 3.36. The first-order valence-electron chi connectivity index (χ1n) is 9.83. The summed E-state index contributed by atoms with van der Waals surface area (Å²) >= 11 is 0. The Morgan fingerprint density at radius 2 is 1.53 bits per heavy atom. The van der Waals surface area contributed by atoms with Crippen molar-refractivity contribution < 1.29 is 14.3 Å². The van der Waals surface area contributed by atoms with Crippen LogP contribution in [-0.2, 0) is 4.79 Å². The molecule has 0 unspecified atom stereocenters. The predicted molar refractivity (Wildman–Crippen MR) is 120 cm³/mol. The summed E-state index contributed by atoms with van der Waals surface area (Å²) in [5.41, 5.74) is 3.36. The maximum atomic E-state index is 12.2. The van der Waals surface area contributed by atoms with Crippen LogP contribution in [-0.4, -0.2) is 25.3 Å². The maximum Gasteiger partial charge on any atom is 0.277 e. The number of amides is 1. The van der Waals surface area contributed by atoms with Gasteiger partial charge in [-0.15, -0.1) is 0 Å². The van der Waals surface area contributed by atoms with Gasteiger partial charge in [0.15, 0.2) is 6.61 Å². The molecule has 4 aromatic carbocycles. The number of carbonyl (C=O) groups is 1. The molecule has 0 radical (unpaired) electrons. The zero-order valence-corrected chi connectivity index (χ0v) is 16.7. The van der Waals surface area contributed by atoms with Gasteiger partial charge in [-0.2, -0.15) is 5.10 Å². The number of nitrogens with zero attached hydrogens (tertiary/aromatic N) is 1. The van der Waals surface area contributed by atoms with Crippen molar-refractivity contribution in [1.82, 2.24) is 5.43 Å². The number of nitrogens with one attached hydrogen (secondary N) is 1. The Balaban J connectivity index is 1.45. The van der Waals surface area contributed by atoms with Crippen LogP contribution in [0.4, 0.5) is 0 Å². The van der Waals surface area contributed by atoms with Crippen molar-refractivity contribution in [2.45, 2.75) is 6.92 Å². The third-order valence-corrected chi connectivity index (χ3v) is 4.72. The van der Waals surface area contributed by atoms with E-state index in [0.717, 1.165) is 32.9 Å². The van der Waals surface area contributed by atoms with Crippen molar-refractivity contribution in [3.05, 3.63) is 84.4 Å². The van der Waals surface area contributed by atoms with Gasteiger partial charge in [0.25, 0.3) is 5.91 Å². The highest BCUT2D eigenvalue weighted by atomic mass is 16.5. The van der Waals surface area contributed by atoms with Gasteiger partial charge in [-0.25, -0.2) is 5.43 Å². The van der Waals surface area contributed by atoms with Crippen molar-refractivity contribution in [2.75, 3.05) is 13.2 Å². The van der Waals surface area contributed by atoms with Crippen molar-refractivity contribution in [3.63, 3.8) is 0 Å². The highest BCUT2D eigenvalue weighted by molar-refractivity contribution is 6.02. The average molecular weight is 398 g/mol. The van der Waals surface area contributed by atoms with Crippen molar-refractivity contribution in [3.8, 4) is 11.5 Å². The summed E-state index contributed by atoms with van der Waals surface area (Å²) in [7, 11) is 0. The van der Waals surface area contributed by atoms with Gasteiger partial charge in [0.2, 0.25) is 0 Å². The molecule has 4 aromatic rings. The zero-order valence-electron chi connectivity index (χ0n) is 16.7. The number of rotatable bonds is 7. The first kappa shape index (κ1) is 19.5. The van der Waals surface area contributed by atoms with Gasteiger partial charge >= 0.3 is 0 Å². The van der Waals surface area contributed by atoms with Gasteiger partial charge in [-0.3, -0.25) is 4.79 Å². The highest BCUT2D eigenvalue weighted by Crippen LogP contribution is 2.27. The van der Waals surface area contributed by atoms with E-state index < -0.39 is 0 Å². The largest absolute Gasteiger partial charge is 0.493 e. The molecule has 1 amide bonds. The second-order valence-corrected chi connectivity index (χ2v) is 6.69. The molecule has 30 heavy (non-hydrogen) atoms. The van der Waals surface area contributed by atoms with Crippen molar-refractivity contribution >= 4 is 33.7 Å². The van der Waals surface area contributed by atoms with Gasteiger partial charge in [-0.05, 0) is 35.2 Å². The fraction of sp³-hybridized carbons (Fsp3) is 0.120. The van der Waals surface area contributed by atoms with Crippen LogP contribution in [0.3, 0.4) is 0 Å². The molecular formula is C25H22N2O3. The number of hydrogen-bond acceptors (Lipinski definition) is 4. The van der Waals surface area contributed by atoms with Crippen molar-refractivity contribution in [2.24, 2.45) is 5.10 Å². The smallest absolute Gasteiger partial charge is 0.277 e. The number of carbonyl (C=O) groups excluding carboxylic acids is 1. The number of hydrazone groups is 1. The Labute approximate surface area is 174 Å². The molecule has 5 nitrogen and oxygen atoms in total. The molecule has 0 saturated carbocycles. The van der Waals surface area contributed by atoms with E-state index in [0.29, 0.717) is 12.4 Å². The van der Waals surface area contributed by atoms with E-state index >= 15 is 0 Å². The van der Waals surface area contributed by atoms with E-state index in [1.54, 1.807) is 6.21 Å². The average Bonchev–Trinajstić information content (AvgIpc) is 2.79. The second kappa shape index (κ2) is 9.09. The van der Waals surface area contributed by atoms with E-state index in [1.165, 1.54) is 0 Å². The molecular weight excluding hydrogens is 376 g/mol. The van der Waals surface area contributed by atoms with Gasteiger partial charge in [-0.1, -0.05) is 66.7 Å². The third-order valence-electron chi connectivity index (χ3n) is 4.72. The summed E-state index contributed by atoms with van der Waals surface area (Å²) in [6.45, 7) is 2.35.